The van der Waals surface area contributed by atoms with Crippen LogP contribution in [0.1, 0.15) is 18.4 Å². The Bertz CT molecular complexity index is 818. The first kappa shape index (κ1) is 17.5. The van der Waals surface area contributed by atoms with Gasteiger partial charge in [0.2, 0.25) is 17.8 Å². The molecular formula is C20H23N5O2. The van der Waals surface area contributed by atoms with Crippen molar-refractivity contribution in [1.82, 2.24) is 14.9 Å². The van der Waals surface area contributed by atoms with Crippen molar-refractivity contribution in [2.24, 2.45) is 0 Å². The molecule has 4 rings (SSSR count). The van der Waals surface area contributed by atoms with Gasteiger partial charge in [0, 0.05) is 50.7 Å². The summed E-state index contributed by atoms with van der Waals surface area (Å²) in [6, 6.07) is 9.69. The normalized spacial score (nSPS) is 17.5. The number of rotatable bonds is 3. The van der Waals surface area contributed by atoms with E-state index in [1.165, 1.54) is 0 Å². The van der Waals surface area contributed by atoms with Gasteiger partial charge in [-0.25, -0.2) is 9.97 Å². The van der Waals surface area contributed by atoms with Gasteiger partial charge in [-0.3, -0.25) is 9.59 Å². The number of aryl methyl sites for hydroxylation is 1. The minimum absolute atomic E-state index is 0.00585. The van der Waals surface area contributed by atoms with E-state index < -0.39 is 0 Å². The molecule has 7 nitrogen and oxygen atoms in total. The third-order valence-corrected chi connectivity index (χ3v) is 5.18. The SMILES string of the molecule is O=C(CN1C(=O)CCCc2ccccc21)N1CCN(c2ncccn2)CC1. The molecule has 2 aliphatic heterocycles. The summed E-state index contributed by atoms with van der Waals surface area (Å²) in [4.78, 5) is 39.5. The average Bonchev–Trinajstić information content (AvgIpc) is 2.88. The zero-order valence-corrected chi connectivity index (χ0v) is 15.3. The molecule has 0 unspecified atom stereocenters. The number of hydrogen-bond donors (Lipinski definition) is 0. The lowest BCUT2D eigenvalue weighted by molar-refractivity contribution is -0.131. The minimum Gasteiger partial charge on any atom is -0.338 e. The molecule has 27 heavy (non-hydrogen) atoms. The van der Waals surface area contributed by atoms with Crippen molar-refractivity contribution in [1.29, 1.82) is 0 Å². The van der Waals surface area contributed by atoms with Crippen molar-refractivity contribution in [2.45, 2.75) is 19.3 Å². The van der Waals surface area contributed by atoms with Crippen LogP contribution in [0.25, 0.3) is 0 Å². The molecule has 1 fully saturated rings. The second-order valence-electron chi connectivity index (χ2n) is 6.88. The van der Waals surface area contributed by atoms with E-state index in [1.807, 2.05) is 29.2 Å². The van der Waals surface area contributed by atoms with Gasteiger partial charge in [-0.2, -0.15) is 0 Å². The predicted molar refractivity (Wildman–Crippen MR) is 103 cm³/mol. The second-order valence-corrected chi connectivity index (χ2v) is 6.88. The Morgan fingerprint density at radius 3 is 2.48 bits per heavy atom. The van der Waals surface area contributed by atoms with Crippen LogP contribution in [-0.4, -0.2) is 59.4 Å². The summed E-state index contributed by atoms with van der Waals surface area (Å²) < 4.78 is 0. The highest BCUT2D eigenvalue weighted by atomic mass is 16.2. The van der Waals surface area contributed by atoms with Gasteiger partial charge >= 0.3 is 0 Å². The van der Waals surface area contributed by atoms with E-state index in [2.05, 4.69) is 14.9 Å². The van der Waals surface area contributed by atoms with Gasteiger partial charge in [-0.05, 0) is 30.5 Å². The number of fused-ring (bicyclic) bond motifs is 1. The Morgan fingerprint density at radius 2 is 1.70 bits per heavy atom. The van der Waals surface area contributed by atoms with Crippen LogP contribution in [0.4, 0.5) is 11.6 Å². The van der Waals surface area contributed by atoms with E-state index >= 15 is 0 Å². The maximum atomic E-state index is 12.9. The van der Waals surface area contributed by atoms with Gasteiger partial charge < -0.3 is 14.7 Å². The average molecular weight is 365 g/mol. The van der Waals surface area contributed by atoms with E-state index in [9.17, 15) is 9.59 Å². The highest BCUT2D eigenvalue weighted by Gasteiger charge is 2.28. The Morgan fingerprint density at radius 1 is 0.963 bits per heavy atom. The molecule has 0 aliphatic carbocycles. The van der Waals surface area contributed by atoms with Crippen LogP contribution in [0.15, 0.2) is 42.7 Å². The number of nitrogens with zero attached hydrogens (tertiary/aromatic N) is 5. The molecule has 0 spiro atoms. The standard InChI is InChI=1S/C20H23N5O2/c26-18-8-3-6-16-5-1-2-7-17(16)25(18)15-19(27)23-11-13-24(14-12-23)20-21-9-4-10-22-20/h1-2,4-5,7,9-10H,3,6,8,11-15H2. The molecule has 0 saturated carbocycles. The molecular weight excluding hydrogens is 342 g/mol. The molecule has 140 valence electrons. The molecule has 2 amide bonds. The summed E-state index contributed by atoms with van der Waals surface area (Å²) in [5, 5.41) is 0. The van der Waals surface area contributed by atoms with Gasteiger partial charge in [0.05, 0.1) is 0 Å². The summed E-state index contributed by atoms with van der Waals surface area (Å²) in [6.45, 7) is 2.72. The molecule has 2 aliphatic rings. The highest BCUT2D eigenvalue weighted by molar-refractivity contribution is 5.99. The number of para-hydroxylation sites is 1. The van der Waals surface area contributed by atoms with Crippen molar-refractivity contribution in [3.8, 4) is 0 Å². The number of amides is 2. The van der Waals surface area contributed by atoms with Crippen molar-refractivity contribution in [3.05, 3.63) is 48.3 Å². The number of piperazine rings is 1. The lowest BCUT2D eigenvalue weighted by atomic mass is 10.1. The number of aromatic nitrogens is 2. The quantitative estimate of drug-likeness (QED) is 0.824. The fourth-order valence-corrected chi connectivity index (χ4v) is 3.70. The summed E-state index contributed by atoms with van der Waals surface area (Å²) in [5.74, 6) is 0.722. The van der Waals surface area contributed by atoms with E-state index in [0.717, 1.165) is 24.1 Å². The van der Waals surface area contributed by atoms with Crippen molar-refractivity contribution >= 4 is 23.5 Å². The first-order chi connectivity index (χ1) is 13.2. The van der Waals surface area contributed by atoms with Crippen LogP contribution < -0.4 is 9.80 Å². The van der Waals surface area contributed by atoms with Gasteiger partial charge in [-0.1, -0.05) is 18.2 Å². The molecule has 0 radical (unpaired) electrons. The molecule has 1 aromatic heterocycles. The van der Waals surface area contributed by atoms with Gasteiger partial charge in [0.1, 0.15) is 6.54 Å². The Kier molecular flexibility index (Phi) is 5.00. The molecule has 7 heteroatoms. The maximum absolute atomic E-state index is 12.9. The van der Waals surface area contributed by atoms with Gasteiger partial charge in [0.25, 0.3) is 0 Å². The smallest absolute Gasteiger partial charge is 0.242 e. The van der Waals surface area contributed by atoms with Crippen molar-refractivity contribution in [3.63, 3.8) is 0 Å². The third kappa shape index (κ3) is 3.77. The number of anilines is 2. The number of carbonyl (C=O) groups excluding carboxylic acids is 2. The Hall–Kier alpha value is -2.96. The Labute approximate surface area is 158 Å². The zero-order valence-electron chi connectivity index (χ0n) is 15.3. The maximum Gasteiger partial charge on any atom is 0.242 e. The first-order valence-corrected chi connectivity index (χ1v) is 9.40. The summed E-state index contributed by atoms with van der Waals surface area (Å²) in [7, 11) is 0. The summed E-state index contributed by atoms with van der Waals surface area (Å²) in [5.41, 5.74) is 2.02. The van der Waals surface area contributed by atoms with E-state index in [4.69, 9.17) is 0 Å². The summed E-state index contributed by atoms with van der Waals surface area (Å²) in [6.07, 6.45) is 5.64. The van der Waals surface area contributed by atoms with E-state index in [0.29, 0.717) is 38.5 Å². The first-order valence-electron chi connectivity index (χ1n) is 9.40. The number of hydrogen-bond acceptors (Lipinski definition) is 5. The molecule has 1 aromatic carbocycles. The monoisotopic (exact) mass is 365 g/mol. The fourth-order valence-electron chi connectivity index (χ4n) is 3.70. The van der Waals surface area contributed by atoms with Crippen LogP contribution in [0.5, 0.6) is 0 Å². The number of carbonyl (C=O) groups is 2. The molecule has 2 aromatic rings. The second kappa shape index (κ2) is 7.73. The molecule has 0 atom stereocenters. The van der Waals surface area contributed by atoms with Gasteiger partial charge in [0.15, 0.2) is 0 Å². The van der Waals surface area contributed by atoms with E-state index in [1.54, 1.807) is 23.4 Å². The molecule has 1 saturated heterocycles. The highest BCUT2D eigenvalue weighted by Crippen LogP contribution is 2.26. The molecule has 0 bridgehead atoms. The topological polar surface area (TPSA) is 69.6 Å². The zero-order chi connectivity index (χ0) is 18.6. The largest absolute Gasteiger partial charge is 0.338 e. The lowest BCUT2D eigenvalue weighted by Crippen LogP contribution is -2.52. The van der Waals surface area contributed by atoms with Crippen LogP contribution in [-0.2, 0) is 16.0 Å². The predicted octanol–water partition coefficient (Wildman–Crippen LogP) is 1.49. The van der Waals surface area contributed by atoms with Crippen LogP contribution in [0.3, 0.4) is 0 Å². The summed E-state index contributed by atoms with van der Waals surface area (Å²) >= 11 is 0. The van der Waals surface area contributed by atoms with E-state index in [-0.39, 0.29) is 18.4 Å². The molecule has 0 N–H and O–H groups in total. The van der Waals surface area contributed by atoms with Crippen molar-refractivity contribution in [2.75, 3.05) is 42.5 Å². The van der Waals surface area contributed by atoms with Crippen LogP contribution in [0.2, 0.25) is 0 Å². The minimum atomic E-state index is -0.00585. The van der Waals surface area contributed by atoms with Crippen molar-refractivity contribution < 1.29 is 9.59 Å². The van der Waals surface area contributed by atoms with Crippen LogP contribution in [0, 0.1) is 0 Å². The Balaban J connectivity index is 1.42. The molecule has 3 heterocycles. The lowest BCUT2D eigenvalue weighted by Gasteiger charge is -2.35. The third-order valence-electron chi connectivity index (χ3n) is 5.18. The number of benzene rings is 1. The fraction of sp³-hybridized carbons (Fsp3) is 0.400. The van der Waals surface area contributed by atoms with Gasteiger partial charge in [-0.15, -0.1) is 0 Å². The van der Waals surface area contributed by atoms with Crippen LogP contribution >= 0.6 is 0 Å².